The van der Waals surface area contributed by atoms with E-state index < -0.39 is 17.0 Å². The van der Waals surface area contributed by atoms with Crippen LogP contribution in [-0.2, 0) is 6.54 Å². The third-order valence-corrected chi connectivity index (χ3v) is 5.19. The van der Waals surface area contributed by atoms with Crippen molar-refractivity contribution in [3.05, 3.63) is 104 Å². The number of ketones is 1. The maximum absolute atomic E-state index is 14.1. The summed E-state index contributed by atoms with van der Waals surface area (Å²) in [5.74, 6) is -1.19. The molecule has 0 radical (unpaired) electrons. The van der Waals surface area contributed by atoms with Crippen LogP contribution in [0.2, 0.25) is 0 Å². The molecule has 0 aliphatic heterocycles. The molecular weight excluding hydrogens is 451 g/mol. The van der Waals surface area contributed by atoms with E-state index in [4.69, 9.17) is 4.74 Å². The van der Waals surface area contributed by atoms with Crippen LogP contribution in [0.4, 0.5) is 4.39 Å². The molecule has 30 heavy (non-hydrogen) atoms. The van der Waals surface area contributed by atoms with Crippen molar-refractivity contribution in [1.29, 1.82) is 0 Å². The van der Waals surface area contributed by atoms with Crippen molar-refractivity contribution in [3.8, 4) is 5.75 Å². The molecule has 2 heterocycles. The lowest BCUT2D eigenvalue weighted by molar-refractivity contribution is 0.103. The molecule has 0 bridgehead atoms. The standard InChI is InChI=1S/C23H16BrFN2O3/c1-30-20-10-9-14(11-18(20)25)22(28)17-13-27(12-15-5-4-8-21(24)26-15)19-7-3-2-6-16(19)23(17)29/h2-11,13H,12H2,1H3. The molecule has 0 aliphatic carbocycles. The Kier molecular flexibility index (Phi) is 5.46. The number of pyridine rings is 2. The van der Waals surface area contributed by atoms with Gasteiger partial charge in [-0.2, -0.15) is 0 Å². The average Bonchev–Trinajstić information content (AvgIpc) is 2.75. The fraction of sp³-hybridized carbons (Fsp3) is 0.0870. The van der Waals surface area contributed by atoms with Gasteiger partial charge >= 0.3 is 0 Å². The Morgan fingerprint density at radius 2 is 1.93 bits per heavy atom. The van der Waals surface area contributed by atoms with E-state index in [1.54, 1.807) is 16.7 Å². The number of carbonyl (C=O) groups is 1. The van der Waals surface area contributed by atoms with Crippen molar-refractivity contribution >= 4 is 32.6 Å². The van der Waals surface area contributed by atoms with Crippen LogP contribution in [0.25, 0.3) is 10.9 Å². The van der Waals surface area contributed by atoms with Crippen molar-refractivity contribution in [3.63, 3.8) is 0 Å². The van der Waals surface area contributed by atoms with Crippen molar-refractivity contribution in [1.82, 2.24) is 9.55 Å². The maximum Gasteiger partial charge on any atom is 0.200 e. The SMILES string of the molecule is COc1ccc(C(=O)c2cn(Cc3cccc(Br)n3)c3ccccc3c2=O)cc1F. The number of aromatic nitrogens is 2. The van der Waals surface area contributed by atoms with E-state index in [1.807, 2.05) is 30.3 Å². The summed E-state index contributed by atoms with van der Waals surface area (Å²) in [4.78, 5) is 30.5. The number of hydrogen-bond acceptors (Lipinski definition) is 4. The molecule has 0 saturated heterocycles. The number of methoxy groups -OCH3 is 1. The molecule has 0 fully saturated rings. The van der Waals surface area contributed by atoms with Gasteiger partial charge in [-0.25, -0.2) is 9.37 Å². The molecule has 0 aliphatic rings. The molecule has 7 heteroatoms. The lowest BCUT2D eigenvalue weighted by Crippen LogP contribution is -2.20. The molecule has 4 rings (SSSR count). The van der Waals surface area contributed by atoms with Gasteiger partial charge in [0.05, 0.1) is 30.4 Å². The lowest BCUT2D eigenvalue weighted by atomic mass is 10.0. The lowest BCUT2D eigenvalue weighted by Gasteiger charge is -2.13. The van der Waals surface area contributed by atoms with E-state index in [0.29, 0.717) is 22.1 Å². The zero-order valence-electron chi connectivity index (χ0n) is 15.9. The zero-order chi connectivity index (χ0) is 21.3. The molecule has 0 spiro atoms. The summed E-state index contributed by atoms with van der Waals surface area (Å²) in [5, 5.41) is 0.410. The van der Waals surface area contributed by atoms with Crippen LogP contribution < -0.4 is 10.2 Å². The second-order valence-corrected chi connectivity index (χ2v) is 7.46. The monoisotopic (exact) mass is 466 g/mol. The normalized spacial score (nSPS) is 10.9. The van der Waals surface area contributed by atoms with Crippen LogP contribution >= 0.6 is 15.9 Å². The Morgan fingerprint density at radius 1 is 1.13 bits per heavy atom. The van der Waals surface area contributed by atoms with Gasteiger partial charge in [-0.15, -0.1) is 0 Å². The molecule has 2 aromatic heterocycles. The van der Waals surface area contributed by atoms with Gasteiger partial charge in [-0.1, -0.05) is 18.2 Å². The molecule has 2 aromatic carbocycles. The highest BCUT2D eigenvalue weighted by Crippen LogP contribution is 2.21. The number of fused-ring (bicyclic) bond motifs is 1. The Morgan fingerprint density at radius 3 is 2.67 bits per heavy atom. The Hall–Kier alpha value is -3.32. The quantitative estimate of drug-likeness (QED) is 0.318. The average molecular weight is 467 g/mol. The number of benzene rings is 2. The van der Waals surface area contributed by atoms with Gasteiger partial charge in [0.15, 0.2) is 17.3 Å². The van der Waals surface area contributed by atoms with Gasteiger partial charge in [0.1, 0.15) is 4.60 Å². The van der Waals surface area contributed by atoms with E-state index >= 15 is 0 Å². The first-order valence-corrected chi connectivity index (χ1v) is 9.89. The van der Waals surface area contributed by atoms with Crippen molar-refractivity contribution in [2.75, 3.05) is 7.11 Å². The maximum atomic E-state index is 14.1. The number of hydrogen-bond donors (Lipinski definition) is 0. The Balaban J connectivity index is 1.86. The number of rotatable bonds is 5. The van der Waals surface area contributed by atoms with Crippen LogP contribution in [-0.4, -0.2) is 22.4 Å². The summed E-state index contributed by atoms with van der Waals surface area (Å²) in [6.07, 6.45) is 1.51. The first kappa shape index (κ1) is 20.0. The number of nitrogens with zero attached hydrogens (tertiary/aromatic N) is 2. The van der Waals surface area contributed by atoms with Crippen LogP contribution in [0, 0.1) is 5.82 Å². The van der Waals surface area contributed by atoms with Gasteiger partial charge in [-0.05, 0) is 58.4 Å². The summed E-state index contributed by atoms with van der Waals surface area (Å²) in [5.41, 5.74) is 1.08. The van der Waals surface area contributed by atoms with Crippen LogP contribution in [0.15, 0.2) is 76.3 Å². The largest absolute Gasteiger partial charge is 0.494 e. The first-order valence-electron chi connectivity index (χ1n) is 9.10. The molecule has 5 nitrogen and oxygen atoms in total. The van der Waals surface area contributed by atoms with E-state index in [1.165, 1.54) is 25.4 Å². The summed E-state index contributed by atoms with van der Waals surface area (Å²) in [6.45, 7) is 0.359. The van der Waals surface area contributed by atoms with Gasteiger partial charge in [0.25, 0.3) is 0 Å². The minimum Gasteiger partial charge on any atom is -0.494 e. The molecule has 4 aromatic rings. The predicted octanol–water partition coefficient (Wildman–Crippen LogP) is 4.59. The van der Waals surface area contributed by atoms with Crippen LogP contribution in [0.3, 0.4) is 0 Å². The van der Waals surface area contributed by atoms with Crippen LogP contribution in [0.1, 0.15) is 21.6 Å². The van der Waals surface area contributed by atoms with Crippen LogP contribution in [0.5, 0.6) is 5.75 Å². The second kappa shape index (κ2) is 8.20. The van der Waals surface area contributed by atoms with Gasteiger partial charge in [-0.3, -0.25) is 9.59 Å². The van der Waals surface area contributed by atoms with Gasteiger partial charge in [0.2, 0.25) is 5.43 Å². The molecule has 0 saturated carbocycles. The van der Waals surface area contributed by atoms with Gasteiger partial charge in [0, 0.05) is 17.1 Å². The third-order valence-electron chi connectivity index (χ3n) is 4.75. The van der Waals surface area contributed by atoms with Crippen molar-refractivity contribution in [2.45, 2.75) is 6.54 Å². The topological polar surface area (TPSA) is 61.2 Å². The second-order valence-electron chi connectivity index (χ2n) is 6.65. The summed E-state index contributed by atoms with van der Waals surface area (Å²) in [7, 11) is 1.35. The van der Waals surface area contributed by atoms with E-state index in [9.17, 15) is 14.0 Å². The van der Waals surface area contributed by atoms with E-state index in [2.05, 4.69) is 20.9 Å². The summed E-state index contributed by atoms with van der Waals surface area (Å²) >= 11 is 3.35. The molecule has 0 atom stereocenters. The molecule has 0 N–H and O–H groups in total. The van der Waals surface area contributed by atoms with Gasteiger partial charge < -0.3 is 9.30 Å². The Labute approximate surface area is 179 Å². The van der Waals surface area contributed by atoms with E-state index in [-0.39, 0.29) is 16.9 Å². The fourth-order valence-electron chi connectivity index (χ4n) is 3.31. The molecule has 0 amide bonds. The smallest absolute Gasteiger partial charge is 0.200 e. The first-order chi connectivity index (χ1) is 14.5. The number of halogens is 2. The fourth-order valence-corrected chi connectivity index (χ4v) is 3.69. The van der Waals surface area contributed by atoms with Crippen molar-refractivity contribution in [2.24, 2.45) is 0 Å². The van der Waals surface area contributed by atoms with E-state index in [0.717, 1.165) is 11.8 Å². The molecule has 0 unspecified atom stereocenters. The number of ether oxygens (including phenoxy) is 1. The molecule has 150 valence electrons. The Bertz CT molecular complexity index is 1330. The summed E-state index contributed by atoms with van der Waals surface area (Å²) in [6, 6.07) is 16.5. The van der Waals surface area contributed by atoms with Crippen molar-refractivity contribution < 1.29 is 13.9 Å². The minimum absolute atomic E-state index is 0.0307. The number of carbonyl (C=O) groups excluding carboxylic acids is 1. The number of para-hydroxylation sites is 1. The predicted molar refractivity (Wildman–Crippen MR) is 116 cm³/mol. The molecular formula is C23H16BrFN2O3. The highest BCUT2D eigenvalue weighted by atomic mass is 79.9. The highest BCUT2D eigenvalue weighted by Gasteiger charge is 2.19. The minimum atomic E-state index is -0.664. The summed E-state index contributed by atoms with van der Waals surface area (Å²) < 4.78 is 21.5. The zero-order valence-corrected chi connectivity index (χ0v) is 17.5. The third kappa shape index (κ3) is 3.76. The highest BCUT2D eigenvalue weighted by molar-refractivity contribution is 9.10.